The van der Waals surface area contributed by atoms with Crippen molar-refractivity contribution in [3.8, 4) is 28.5 Å². The molecule has 3 atom stereocenters. The van der Waals surface area contributed by atoms with Gasteiger partial charge < -0.3 is 29.8 Å². The Kier molecular flexibility index (Phi) is 11.3. The van der Waals surface area contributed by atoms with Crippen LogP contribution in [0, 0.1) is 0 Å². The molecule has 1 aliphatic carbocycles. The SMILES string of the molecule is C=C1CCC(N2C(=O)c3cccc(NCCCCCCOC4CCCC(Oc5cccc(Oc6ccc(-c7ccc8c(c7)[nH]c7ccncc78)cn6)c5)C4)c3C2=O)C(=O)N1. The molecule has 1 saturated carbocycles. The first kappa shape index (κ1) is 39.0. The van der Waals surface area contributed by atoms with Crippen LogP contribution < -0.4 is 20.1 Å². The normalized spacial score (nSPS) is 19.1. The van der Waals surface area contributed by atoms with Crippen LogP contribution in [0.2, 0.25) is 0 Å². The van der Waals surface area contributed by atoms with E-state index in [1.165, 1.54) is 0 Å². The van der Waals surface area contributed by atoms with E-state index < -0.39 is 17.9 Å². The van der Waals surface area contributed by atoms with Gasteiger partial charge in [-0.2, -0.15) is 0 Å². The van der Waals surface area contributed by atoms with Crippen molar-refractivity contribution >= 4 is 45.2 Å². The number of hydrogen-bond donors (Lipinski definition) is 3. The van der Waals surface area contributed by atoms with Gasteiger partial charge in [0, 0.05) is 89.0 Å². The number of nitrogens with one attached hydrogen (secondary N) is 3. The lowest BCUT2D eigenvalue weighted by Crippen LogP contribution is -2.51. The van der Waals surface area contributed by atoms with E-state index in [4.69, 9.17) is 14.2 Å². The quantitative estimate of drug-likeness (QED) is 0.0682. The third-order valence-corrected chi connectivity index (χ3v) is 11.7. The van der Waals surface area contributed by atoms with Crippen LogP contribution in [0.25, 0.3) is 32.9 Å². The zero-order valence-electron chi connectivity index (χ0n) is 33.5. The molecule has 6 aromatic rings. The minimum Gasteiger partial charge on any atom is -0.490 e. The van der Waals surface area contributed by atoms with E-state index in [0.29, 0.717) is 60.1 Å². The standard InChI is InChI=1S/C48H48N6O6/c1-30-15-19-43(46(55)52-30)54-47(56)38-13-8-14-41(45(38)48(54)57)50-22-4-2-3-5-24-58-33-9-6-10-34(26-33)59-35-11-7-12-36(27-35)60-44-20-17-32(28-51-44)31-16-18-37-39-29-49-23-21-40(39)53-42(37)25-31/h7-8,11-14,16-18,20-21,23,25,27-29,33-34,43,50,53H,1-6,9-10,15,19,22,24,26H2,(H,52,55). The topological polar surface area (TPSA) is 148 Å². The Morgan fingerprint density at radius 3 is 2.53 bits per heavy atom. The number of imide groups is 1. The highest BCUT2D eigenvalue weighted by Gasteiger charge is 2.45. The number of piperidine rings is 1. The zero-order valence-corrected chi connectivity index (χ0v) is 33.5. The predicted molar refractivity (Wildman–Crippen MR) is 230 cm³/mol. The highest BCUT2D eigenvalue weighted by atomic mass is 16.5. The molecule has 5 heterocycles. The molecule has 3 aromatic heterocycles. The van der Waals surface area contributed by atoms with Crippen LogP contribution in [0.3, 0.4) is 0 Å². The molecule has 60 heavy (non-hydrogen) atoms. The number of benzene rings is 3. The number of carbonyl (C=O) groups excluding carboxylic acids is 3. The second kappa shape index (κ2) is 17.4. The molecular formula is C48H48N6O6. The number of aromatic nitrogens is 3. The lowest BCUT2D eigenvalue weighted by atomic mass is 9.95. The number of anilines is 1. The van der Waals surface area contributed by atoms with E-state index in [-0.39, 0.29) is 18.1 Å². The summed E-state index contributed by atoms with van der Waals surface area (Å²) in [7, 11) is 0. The second-order valence-corrected chi connectivity index (χ2v) is 15.9. The first-order valence-electron chi connectivity index (χ1n) is 21.0. The van der Waals surface area contributed by atoms with Crippen LogP contribution in [0.15, 0.2) is 110 Å². The molecular weight excluding hydrogens is 757 g/mol. The van der Waals surface area contributed by atoms with Crippen molar-refractivity contribution in [2.24, 2.45) is 0 Å². The van der Waals surface area contributed by atoms with E-state index in [1.807, 2.05) is 60.9 Å². The highest BCUT2D eigenvalue weighted by molar-refractivity contribution is 6.25. The summed E-state index contributed by atoms with van der Waals surface area (Å²) in [5.74, 6) is 0.730. The summed E-state index contributed by atoms with van der Waals surface area (Å²) in [6, 6.07) is 24.4. The number of carbonyl (C=O) groups is 3. The van der Waals surface area contributed by atoms with Crippen LogP contribution >= 0.6 is 0 Å². The van der Waals surface area contributed by atoms with E-state index >= 15 is 0 Å². The third-order valence-electron chi connectivity index (χ3n) is 11.7. The summed E-state index contributed by atoms with van der Waals surface area (Å²) in [5, 5.41) is 8.30. The van der Waals surface area contributed by atoms with Crippen molar-refractivity contribution in [2.75, 3.05) is 18.5 Å². The molecule has 0 spiro atoms. The minimum atomic E-state index is -0.824. The summed E-state index contributed by atoms with van der Waals surface area (Å²) in [6.45, 7) is 5.17. The van der Waals surface area contributed by atoms with Gasteiger partial charge in [0.2, 0.25) is 11.8 Å². The summed E-state index contributed by atoms with van der Waals surface area (Å²) in [5.41, 5.74) is 6.11. The van der Waals surface area contributed by atoms with Gasteiger partial charge in [-0.1, -0.05) is 43.7 Å². The Morgan fingerprint density at radius 2 is 1.65 bits per heavy atom. The Hall–Kier alpha value is -6.53. The fraction of sp³-hybridized carbons (Fsp3) is 0.312. The molecule has 3 aromatic carbocycles. The molecule has 306 valence electrons. The molecule has 9 rings (SSSR count). The first-order chi connectivity index (χ1) is 29.4. The van der Waals surface area contributed by atoms with Gasteiger partial charge >= 0.3 is 0 Å². The third kappa shape index (κ3) is 8.33. The van der Waals surface area contributed by atoms with Gasteiger partial charge in [0.1, 0.15) is 23.6 Å². The average Bonchev–Trinajstić information content (AvgIpc) is 3.76. The van der Waals surface area contributed by atoms with Crippen LogP contribution in [0.5, 0.6) is 17.4 Å². The van der Waals surface area contributed by atoms with Crippen LogP contribution in [-0.4, -0.2) is 69.0 Å². The minimum absolute atomic E-state index is 0.0712. The molecule has 2 aliphatic heterocycles. The molecule has 3 amide bonds. The van der Waals surface area contributed by atoms with Crippen molar-refractivity contribution in [1.82, 2.24) is 25.2 Å². The van der Waals surface area contributed by atoms with Gasteiger partial charge in [0.15, 0.2) is 0 Å². The maximum atomic E-state index is 13.4. The van der Waals surface area contributed by atoms with E-state index in [1.54, 1.807) is 18.3 Å². The highest BCUT2D eigenvalue weighted by Crippen LogP contribution is 2.34. The van der Waals surface area contributed by atoms with Gasteiger partial charge in [0.25, 0.3) is 11.8 Å². The number of allylic oxidation sites excluding steroid dienone is 1. The Morgan fingerprint density at radius 1 is 0.800 bits per heavy atom. The van der Waals surface area contributed by atoms with Gasteiger partial charge in [-0.05, 0) is 93.0 Å². The van der Waals surface area contributed by atoms with Crippen LogP contribution in [0.4, 0.5) is 5.69 Å². The zero-order chi connectivity index (χ0) is 41.0. The number of amides is 3. The van der Waals surface area contributed by atoms with Crippen molar-refractivity contribution in [3.63, 3.8) is 0 Å². The molecule has 2 fully saturated rings. The first-order valence-corrected chi connectivity index (χ1v) is 21.0. The maximum absolute atomic E-state index is 13.4. The molecule has 1 saturated heterocycles. The Balaban J connectivity index is 0.691. The van der Waals surface area contributed by atoms with Crippen molar-refractivity contribution in [3.05, 3.63) is 121 Å². The Labute approximate surface area is 348 Å². The summed E-state index contributed by atoms with van der Waals surface area (Å²) >= 11 is 0. The number of fused-ring (bicyclic) bond motifs is 4. The van der Waals surface area contributed by atoms with E-state index in [2.05, 4.69) is 50.4 Å². The second-order valence-electron chi connectivity index (χ2n) is 15.9. The molecule has 12 nitrogen and oxygen atoms in total. The molecule has 0 radical (unpaired) electrons. The number of H-pyrrole nitrogens is 1. The largest absolute Gasteiger partial charge is 0.490 e. The summed E-state index contributed by atoms with van der Waals surface area (Å²) < 4.78 is 18.9. The summed E-state index contributed by atoms with van der Waals surface area (Å²) in [4.78, 5) is 52.6. The number of pyridine rings is 2. The van der Waals surface area contributed by atoms with Crippen LogP contribution in [0.1, 0.15) is 84.9 Å². The molecule has 0 bridgehead atoms. The smallest absolute Gasteiger partial charge is 0.264 e. The lowest BCUT2D eigenvalue weighted by molar-refractivity contribution is -0.125. The van der Waals surface area contributed by atoms with Crippen molar-refractivity contribution in [1.29, 1.82) is 0 Å². The van der Waals surface area contributed by atoms with Gasteiger partial charge in [-0.3, -0.25) is 24.3 Å². The fourth-order valence-electron chi connectivity index (χ4n) is 8.62. The van der Waals surface area contributed by atoms with Gasteiger partial charge in [0.05, 0.1) is 17.2 Å². The fourth-order valence-corrected chi connectivity index (χ4v) is 8.62. The van der Waals surface area contributed by atoms with Gasteiger partial charge in [-0.15, -0.1) is 0 Å². The number of nitrogens with zero attached hydrogens (tertiary/aromatic N) is 3. The number of aromatic amines is 1. The molecule has 12 heteroatoms. The Bertz CT molecular complexity index is 2570. The predicted octanol–water partition coefficient (Wildman–Crippen LogP) is 9.34. The molecule has 3 aliphatic rings. The van der Waals surface area contributed by atoms with Crippen molar-refractivity contribution < 1.29 is 28.6 Å². The van der Waals surface area contributed by atoms with Gasteiger partial charge in [-0.25, -0.2) is 4.98 Å². The monoisotopic (exact) mass is 804 g/mol. The molecule has 3 unspecified atom stereocenters. The number of hydrogen-bond acceptors (Lipinski definition) is 9. The van der Waals surface area contributed by atoms with E-state index in [9.17, 15) is 14.4 Å². The van der Waals surface area contributed by atoms with Crippen LogP contribution in [-0.2, 0) is 9.53 Å². The maximum Gasteiger partial charge on any atom is 0.264 e. The number of unbranched alkanes of at least 4 members (excludes halogenated alkanes) is 3. The number of ether oxygens (including phenoxy) is 3. The number of rotatable bonds is 15. The van der Waals surface area contributed by atoms with E-state index in [0.717, 1.165) is 94.9 Å². The van der Waals surface area contributed by atoms with Crippen molar-refractivity contribution in [2.45, 2.75) is 82.5 Å². The lowest BCUT2D eigenvalue weighted by Gasteiger charge is -2.29. The summed E-state index contributed by atoms with van der Waals surface area (Å²) in [6.07, 6.45) is 14.5. The average molecular weight is 805 g/mol. The molecule has 3 N–H and O–H groups in total.